The Morgan fingerprint density at radius 2 is 1.96 bits per heavy atom. The van der Waals surface area contributed by atoms with E-state index in [0.717, 1.165) is 0 Å². The summed E-state index contributed by atoms with van der Waals surface area (Å²) in [6, 6.07) is 7.60. The molecule has 2 aromatic heterocycles. The predicted octanol–water partition coefficient (Wildman–Crippen LogP) is 2.58. The normalized spacial score (nSPS) is 14.6. The third-order valence-corrected chi connectivity index (χ3v) is 3.98. The lowest BCUT2D eigenvalue weighted by atomic mass is 9.85. The highest BCUT2D eigenvalue weighted by molar-refractivity contribution is 5.80. The molecule has 0 amide bonds. The molecule has 3 aromatic rings. The Kier molecular flexibility index (Phi) is 4.53. The molecule has 0 saturated carbocycles. The van der Waals surface area contributed by atoms with Gasteiger partial charge in [0.15, 0.2) is 12.2 Å². The second-order valence-corrected chi connectivity index (χ2v) is 6.11. The van der Waals surface area contributed by atoms with Crippen molar-refractivity contribution in [2.75, 3.05) is 6.61 Å². The highest BCUT2D eigenvalue weighted by Crippen LogP contribution is 2.34. The molecule has 0 aliphatic carbocycles. The van der Waals surface area contributed by atoms with E-state index in [1.807, 2.05) is 0 Å². The summed E-state index contributed by atoms with van der Waals surface area (Å²) in [6.07, 6.45) is -4.41. The van der Waals surface area contributed by atoms with Crippen LogP contribution in [-0.4, -0.2) is 43.5 Å². The van der Waals surface area contributed by atoms with Crippen LogP contribution in [0.3, 0.4) is 0 Å². The summed E-state index contributed by atoms with van der Waals surface area (Å²) >= 11 is 0. The first-order valence-corrected chi connectivity index (χ1v) is 7.77. The summed E-state index contributed by atoms with van der Waals surface area (Å²) in [6.45, 7) is 2.21. The van der Waals surface area contributed by atoms with Gasteiger partial charge in [-0.25, -0.2) is 4.98 Å². The average Bonchev–Trinajstić information content (AvgIpc) is 3.12. The van der Waals surface area contributed by atoms with Crippen LogP contribution in [0.2, 0.25) is 0 Å². The molecule has 1 aromatic carbocycles. The largest absolute Gasteiger partial charge is 0.484 e. The number of benzene rings is 1. The van der Waals surface area contributed by atoms with E-state index in [4.69, 9.17) is 4.74 Å². The predicted molar refractivity (Wildman–Crippen MR) is 85.3 cm³/mol. The third-order valence-electron chi connectivity index (χ3n) is 3.98. The van der Waals surface area contributed by atoms with Gasteiger partial charge in [0, 0.05) is 5.39 Å². The van der Waals surface area contributed by atoms with Crippen molar-refractivity contribution in [3.63, 3.8) is 0 Å². The van der Waals surface area contributed by atoms with Gasteiger partial charge in [-0.05, 0) is 30.2 Å². The summed E-state index contributed by atoms with van der Waals surface area (Å²) in [5, 5.41) is 25.2. The van der Waals surface area contributed by atoms with Gasteiger partial charge in [-0.3, -0.25) is 0 Å². The van der Waals surface area contributed by atoms with Gasteiger partial charge >= 0.3 is 6.18 Å². The molecular formula is C16H16F3N5O2. The Bertz CT molecular complexity index is 899. The fourth-order valence-corrected chi connectivity index (χ4v) is 2.56. The van der Waals surface area contributed by atoms with Gasteiger partial charge in [0.1, 0.15) is 5.75 Å². The number of aliphatic hydroxyl groups is 1. The maximum Gasteiger partial charge on any atom is 0.422 e. The number of aromatic amines is 1. The van der Waals surface area contributed by atoms with Crippen molar-refractivity contribution in [1.29, 1.82) is 0 Å². The van der Waals surface area contributed by atoms with Crippen molar-refractivity contribution in [1.82, 2.24) is 25.6 Å². The van der Waals surface area contributed by atoms with Crippen molar-refractivity contribution >= 4 is 10.9 Å². The number of fused-ring (bicyclic) bond motifs is 1. The number of alkyl halides is 3. The molecule has 1 atom stereocenters. The highest BCUT2D eigenvalue weighted by atomic mass is 19.4. The number of aromatic nitrogens is 5. The Morgan fingerprint density at radius 1 is 1.19 bits per heavy atom. The zero-order chi connectivity index (χ0) is 18.9. The van der Waals surface area contributed by atoms with Gasteiger partial charge in [-0.1, -0.05) is 25.1 Å². The topological polar surface area (TPSA) is 96.8 Å². The molecule has 0 spiro atoms. The first-order chi connectivity index (χ1) is 12.2. The summed E-state index contributed by atoms with van der Waals surface area (Å²) in [4.78, 5) is 4.43. The van der Waals surface area contributed by atoms with Crippen LogP contribution in [-0.2, 0) is 5.60 Å². The molecular weight excluding hydrogens is 351 g/mol. The summed E-state index contributed by atoms with van der Waals surface area (Å²) in [5.74, 6) is -0.134. The lowest BCUT2D eigenvalue weighted by Crippen LogP contribution is -2.35. The molecule has 26 heavy (non-hydrogen) atoms. The standard InChI is InChI=1S/C16H16F3N5O2/c1-9(2)16(25,14-21-23-24-22-14)13-6-3-10-7-11(4-5-12(10)20-13)26-8-15(17,18)19/h3-7,9,25H,8H2,1-2H3,(H,21,22,23,24). The maximum absolute atomic E-state index is 12.3. The van der Waals surface area contributed by atoms with E-state index in [2.05, 4.69) is 25.6 Å². The molecule has 2 heterocycles. The SMILES string of the molecule is CC(C)C(O)(c1ccc2cc(OCC(F)(F)F)ccc2n1)c1nn[nH]n1. The number of rotatable bonds is 5. The monoisotopic (exact) mass is 367 g/mol. The molecule has 0 radical (unpaired) electrons. The number of hydrogen-bond acceptors (Lipinski definition) is 6. The minimum absolute atomic E-state index is 0.0849. The molecule has 0 fully saturated rings. The van der Waals surface area contributed by atoms with Gasteiger partial charge in [0.05, 0.1) is 11.2 Å². The van der Waals surface area contributed by atoms with Crippen molar-refractivity contribution in [2.24, 2.45) is 5.92 Å². The van der Waals surface area contributed by atoms with E-state index in [1.165, 1.54) is 18.2 Å². The fourth-order valence-electron chi connectivity index (χ4n) is 2.56. The van der Waals surface area contributed by atoms with Crippen LogP contribution in [0.4, 0.5) is 13.2 Å². The molecule has 0 saturated heterocycles. The van der Waals surface area contributed by atoms with E-state index < -0.39 is 18.4 Å². The first kappa shape index (κ1) is 18.1. The zero-order valence-corrected chi connectivity index (χ0v) is 13.9. The maximum atomic E-state index is 12.3. The van der Waals surface area contributed by atoms with Crippen molar-refractivity contribution < 1.29 is 23.0 Å². The quantitative estimate of drug-likeness (QED) is 0.719. The van der Waals surface area contributed by atoms with E-state index in [1.54, 1.807) is 26.0 Å². The molecule has 0 aliphatic heterocycles. The molecule has 0 bridgehead atoms. The van der Waals surface area contributed by atoms with Crippen LogP contribution in [0.1, 0.15) is 25.4 Å². The fraction of sp³-hybridized carbons (Fsp3) is 0.375. The van der Waals surface area contributed by atoms with Gasteiger partial charge in [0.25, 0.3) is 0 Å². The number of ether oxygens (including phenoxy) is 1. The van der Waals surface area contributed by atoms with E-state index in [0.29, 0.717) is 16.6 Å². The first-order valence-electron chi connectivity index (χ1n) is 7.77. The van der Waals surface area contributed by atoms with E-state index in [9.17, 15) is 18.3 Å². The van der Waals surface area contributed by atoms with Crippen LogP contribution >= 0.6 is 0 Å². The van der Waals surface area contributed by atoms with Crippen LogP contribution in [0.25, 0.3) is 10.9 Å². The highest BCUT2D eigenvalue weighted by Gasteiger charge is 2.41. The minimum atomic E-state index is -4.41. The second kappa shape index (κ2) is 6.52. The van der Waals surface area contributed by atoms with Gasteiger partial charge in [0.2, 0.25) is 5.82 Å². The lowest BCUT2D eigenvalue weighted by molar-refractivity contribution is -0.153. The smallest absolute Gasteiger partial charge is 0.422 e. The molecule has 10 heteroatoms. The number of H-pyrrole nitrogens is 1. The molecule has 2 N–H and O–H groups in total. The van der Waals surface area contributed by atoms with Crippen molar-refractivity contribution in [3.05, 3.63) is 41.9 Å². The van der Waals surface area contributed by atoms with Crippen LogP contribution in [0, 0.1) is 5.92 Å². The number of halogens is 3. The molecule has 138 valence electrons. The van der Waals surface area contributed by atoms with Gasteiger partial charge in [-0.2, -0.15) is 18.4 Å². The molecule has 3 rings (SSSR count). The minimum Gasteiger partial charge on any atom is -0.484 e. The number of hydrogen-bond donors (Lipinski definition) is 2. The lowest BCUT2D eigenvalue weighted by Gasteiger charge is -2.28. The number of pyridine rings is 1. The number of tetrazole rings is 1. The van der Waals surface area contributed by atoms with Crippen LogP contribution in [0.15, 0.2) is 30.3 Å². The van der Waals surface area contributed by atoms with Crippen LogP contribution < -0.4 is 4.74 Å². The molecule has 7 nitrogen and oxygen atoms in total. The zero-order valence-electron chi connectivity index (χ0n) is 13.9. The van der Waals surface area contributed by atoms with Gasteiger partial charge < -0.3 is 9.84 Å². The number of nitrogens with zero attached hydrogens (tertiary/aromatic N) is 4. The summed E-state index contributed by atoms with van der Waals surface area (Å²) < 4.78 is 41.5. The van der Waals surface area contributed by atoms with E-state index >= 15 is 0 Å². The van der Waals surface area contributed by atoms with Crippen LogP contribution in [0.5, 0.6) is 5.75 Å². The third kappa shape index (κ3) is 3.45. The van der Waals surface area contributed by atoms with Gasteiger partial charge in [-0.15, -0.1) is 10.2 Å². The summed E-state index contributed by atoms with van der Waals surface area (Å²) in [5.41, 5.74) is -0.762. The molecule has 1 unspecified atom stereocenters. The van der Waals surface area contributed by atoms with Crippen molar-refractivity contribution in [2.45, 2.75) is 25.6 Å². The Labute approximate surface area is 146 Å². The number of nitrogens with one attached hydrogen (secondary N) is 1. The summed E-state index contributed by atoms with van der Waals surface area (Å²) in [7, 11) is 0. The van der Waals surface area contributed by atoms with E-state index in [-0.39, 0.29) is 17.5 Å². The average molecular weight is 367 g/mol. The van der Waals surface area contributed by atoms with Crippen molar-refractivity contribution in [3.8, 4) is 5.75 Å². The molecule has 0 aliphatic rings. The Hall–Kier alpha value is -2.75. The second-order valence-electron chi connectivity index (χ2n) is 6.11. The Morgan fingerprint density at radius 3 is 2.58 bits per heavy atom. The Balaban J connectivity index is 1.96.